The fourth-order valence-corrected chi connectivity index (χ4v) is 3.19. The second-order valence-electron chi connectivity index (χ2n) is 5.29. The predicted octanol–water partition coefficient (Wildman–Crippen LogP) is 3.92. The molecule has 0 spiro atoms. The van der Waals surface area contributed by atoms with Crippen LogP contribution in [0, 0.1) is 5.92 Å². The van der Waals surface area contributed by atoms with Gasteiger partial charge in [0.1, 0.15) is 0 Å². The monoisotopic (exact) mass is 344 g/mol. The first-order valence-corrected chi connectivity index (χ1v) is 8.23. The Morgan fingerprint density at radius 3 is 2.95 bits per heavy atom. The maximum absolute atomic E-state index is 6.04. The molecule has 1 unspecified atom stereocenters. The van der Waals surface area contributed by atoms with Gasteiger partial charge in [-0.15, -0.1) is 0 Å². The minimum Gasteiger partial charge on any atom is -0.316 e. The zero-order valence-corrected chi connectivity index (χ0v) is 13.8. The van der Waals surface area contributed by atoms with Gasteiger partial charge < -0.3 is 5.32 Å². The third kappa shape index (κ3) is 4.75. The average Bonchev–Trinajstić information content (AvgIpc) is 2.43. The van der Waals surface area contributed by atoms with E-state index in [0.717, 1.165) is 28.5 Å². The van der Waals surface area contributed by atoms with Crippen molar-refractivity contribution in [2.24, 2.45) is 5.92 Å². The van der Waals surface area contributed by atoms with Crippen LogP contribution in [0.1, 0.15) is 25.3 Å². The molecule has 1 saturated heterocycles. The van der Waals surface area contributed by atoms with Crippen molar-refractivity contribution < 1.29 is 0 Å². The first kappa shape index (κ1) is 15.3. The average molecular weight is 346 g/mol. The molecule has 0 aromatic heterocycles. The van der Waals surface area contributed by atoms with Crippen LogP contribution >= 0.6 is 27.5 Å². The molecule has 0 amide bonds. The molecule has 4 heteroatoms. The molecule has 0 radical (unpaired) electrons. The van der Waals surface area contributed by atoms with E-state index in [1.54, 1.807) is 0 Å². The van der Waals surface area contributed by atoms with Crippen molar-refractivity contribution in [3.05, 3.63) is 33.3 Å². The van der Waals surface area contributed by atoms with E-state index in [1.165, 1.54) is 38.0 Å². The summed E-state index contributed by atoms with van der Waals surface area (Å²) < 4.78 is 0.988. The summed E-state index contributed by atoms with van der Waals surface area (Å²) in [6.07, 6.45) is 2.67. The Bertz CT molecular complexity index is 405. The van der Waals surface area contributed by atoms with Gasteiger partial charge in [-0.25, -0.2) is 0 Å². The van der Waals surface area contributed by atoms with Crippen LogP contribution in [-0.4, -0.2) is 31.1 Å². The summed E-state index contributed by atoms with van der Waals surface area (Å²) in [6, 6.07) is 6.22. The Morgan fingerprint density at radius 2 is 2.32 bits per heavy atom. The number of benzene rings is 1. The van der Waals surface area contributed by atoms with Gasteiger partial charge in [0, 0.05) is 17.6 Å². The van der Waals surface area contributed by atoms with Gasteiger partial charge in [-0.2, -0.15) is 0 Å². The fourth-order valence-electron chi connectivity index (χ4n) is 2.65. The van der Waals surface area contributed by atoms with Crippen LogP contribution in [-0.2, 0) is 6.54 Å². The normalized spacial score (nSPS) is 19.9. The van der Waals surface area contributed by atoms with E-state index in [2.05, 4.69) is 45.2 Å². The van der Waals surface area contributed by atoms with Gasteiger partial charge in [0.15, 0.2) is 0 Å². The zero-order chi connectivity index (χ0) is 13.7. The van der Waals surface area contributed by atoms with Gasteiger partial charge in [-0.1, -0.05) is 24.6 Å². The molecule has 19 heavy (non-hydrogen) atoms. The number of halogens is 2. The van der Waals surface area contributed by atoms with Crippen molar-refractivity contribution in [1.29, 1.82) is 0 Å². The minimum absolute atomic E-state index is 0.781. The number of nitrogens with one attached hydrogen (secondary N) is 1. The first-order chi connectivity index (χ1) is 9.19. The topological polar surface area (TPSA) is 15.3 Å². The number of piperidine rings is 1. The lowest BCUT2D eigenvalue weighted by molar-refractivity contribution is 0.209. The number of nitrogens with zero attached hydrogens (tertiary/aromatic N) is 1. The SMILES string of the molecule is CCN(Cc1ccc(Cl)c(Br)c1)CC1CCCNC1. The highest BCUT2D eigenvalue weighted by Gasteiger charge is 2.16. The predicted molar refractivity (Wildman–Crippen MR) is 85.7 cm³/mol. The maximum Gasteiger partial charge on any atom is 0.0548 e. The van der Waals surface area contributed by atoms with E-state index >= 15 is 0 Å². The molecule has 2 nitrogen and oxygen atoms in total. The lowest BCUT2D eigenvalue weighted by atomic mass is 9.99. The highest BCUT2D eigenvalue weighted by molar-refractivity contribution is 9.10. The van der Waals surface area contributed by atoms with Crippen molar-refractivity contribution in [3.8, 4) is 0 Å². The Morgan fingerprint density at radius 1 is 1.47 bits per heavy atom. The summed E-state index contributed by atoms with van der Waals surface area (Å²) in [5, 5.41) is 4.27. The summed E-state index contributed by atoms with van der Waals surface area (Å²) in [4.78, 5) is 2.52. The molecule has 0 bridgehead atoms. The summed E-state index contributed by atoms with van der Waals surface area (Å²) in [6.45, 7) is 7.87. The number of hydrogen-bond donors (Lipinski definition) is 1. The highest BCUT2D eigenvalue weighted by Crippen LogP contribution is 2.24. The van der Waals surface area contributed by atoms with Crippen molar-refractivity contribution in [2.45, 2.75) is 26.3 Å². The fraction of sp³-hybridized carbons (Fsp3) is 0.600. The summed E-state index contributed by atoms with van der Waals surface area (Å²) in [7, 11) is 0. The van der Waals surface area contributed by atoms with Crippen LogP contribution < -0.4 is 5.32 Å². The van der Waals surface area contributed by atoms with Gasteiger partial charge in [-0.3, -0.25) is 4.90 Å². The maximum atomic E-state index is 6.04. The molecule has 1 atom stereocenters. The summed E-state index contributed by atoms with van der Waals surface area (Å²) in [5.41, 5.74) is 1.32. The Labute approximate surface area is 129 Å². The van der Waals surface area contributed by atoms with Crippen LogP contribution in [0.2, 0.25) is 5.02 Å². The second-order valence-corrected chi connectivity index (χ2v) is 6.55. The van der Waals surface area contributed by atoms with Crippen LogP contribution in [0.15, 0.2) is 22.7 Å². The van der Waals surface area contributed by atoms with E-state index < -0.39 is 0 Å². The molecule has 1 N–H and O–H groups in total. The van der Waals surface area contributed by atoms with E-state index in [0.29, 0.717) is 0 Å². The molecule has 1 aliphatic heterocycles. The number of rotatable bonds is 5. The van der Waals surface area contributed by atoms with Gasteiger partial charge in [0.2, 0.25) is 0 Å². The van der Waals surface area contributed by atoms with Gasteiger partial charge in [-0.05, 0) is 72.0 Å². The van der Waals surface area contributed by atoms with E-state index in [9.17, 15) is 0 Å². The molecule has 1 fully saturated rings. The molecule has 1 heterocycles. The lowest BCUT2D eigenvalue weighted by Crippen LogP contribution is -2.38. The first-order valence-electron chi connectivity index (χ1n) is 7.06. The molecular formula is C15H22BrClN2. The van der Waals surface area contributed by atoms with Crippen LogP contribution in [0.5, 0.6) is 0 Å². The zero-order valence-electron chi connectivity index (χ0n) is 11.5. The van der Waals surface area contributed by atoms with Crippen molar-refractivity contribution in [2.75, 3.05) is 26.2 Å². The van der Waals surface area contributed by atoms with Gasteiger partial charge in [0.25, 0.3) is 0 Å². The van der Waals surface area contributed by atoms with E-state index in [-0.39, 0.29) is 0 Å². The van der Waals surface area contributed by atoms with Crippen LogP contribution in [0.3, 0.4) is 0 Å². The smallest absolute Gasteiger partial charge is 0.0548 e. The van der Waals surface area contributed by atoms with Gasteiger partial charge >= 0.3 is 0 Å². The van der Waals surface area contributed by atoms with Crippen LogP contribution in [0.25, 0.3) is 0 Å². The van der Waals surface area contributed by atoms with Crippen molar-refractivity contribution >= 4 is 27.5 Å². The molecule has 1 aromatic rings. The molecule has 1 aliphatic rings. The van der Waals surface area contributed by atoms with Gasteiger partial charge in [0.05, 0.1) is 5.02 Å². The molecule has 0 saturated carbocycles. The molecule has 1 aromatic carbocycles. The third-order valence-electron chi connectivity index (χ3n) is 3.75. The summed E-state index contributed by atoms with van der Waals surface area (Å²) >= 11 is 9.53. The molecule has 106 valence electrons. The van der Waals surface area contributed by atoms with Crippen molar-refractivity contribution in [1.82, 2.24) is 10.2 Å². The molecule has 2 rings (SSSR count). The van der Waals surface area contributed by atoms with Crippen LogP contribution in [0.4, 0.5) is 0 Å². The Balaban J connectivity index is 1.92. The second kappa shape index (κ2) is 7.63. The van der Waals surface area contributed by atoms with E-state index in [1.807, 2.05) is 6.07 Å². The Kier molecular flexibility index (Phi) is 6.14. The Hall–Kier alpha value is -0.0900. The molecular weight excluding hydrogens is 324 g/mol. The molecule has 0 aliphatic carbocycles. The largest absolute Gasteiger partial charge is 0.316 e. The standard InChI is InChI=1S/C15H22BrClN2/c1-2-19(11-13-4-3-7-18-9-13)10-12-5-6-15(17)14(16)8-12/h5-6,8,13,18H,2-4,7,9-11H2,1H3. The summed E-state index contributed by atoms with van der Waals surface area (Å²) in [5.74, 6) is 0.796. The quantitative estimate of drug-likeness (QED) is 0.870. The highest BCUT2D eigenvalue weighted by atomic mass is 79.9. The van der Waals surface area contributed by atoms with Crippen molar-refractivity contribution in [3.63, 3.8) is 0 Å². The van der Waals surface area contributed by atoms with E-state index in [4.69, 9.17) is 11.6 Å². The number of hydrogen-bond acceptors (Lipinski definition) is 2. The third-order valence-corrected chi connectivity index (χ3v) is 4.97. The lowest BCUT2D eigenvalue weighted by Gasteiger charge is -2.29. The minimum atomic E-state index is 0.781.